The summed E-state index contributed by atoms with van der Waals surface area (Å²) in [7, 11) is -3.42. The molecule has 0 aromatic heterocycles. The van der Waals surface area contributed by atoms with Crippen molar-refractivity contribution < 1.29 is 18.7 Å². The molecule has 0 rings (SSSR count). The molecule has 0 aromatic rings. The summed E-state index contributed by atoms with van der Waals surface area (Å²) in [5, 5.41) is 9.47. The van der Waals surface area contributed by atoms with Crippen molar-refractivity contribution in [3.8, 4) is 0 Å². The van der Waals surface area contributed by atoms with Gasteiger partial charge in [-0.2, -0.15) is 0 Å². The molecule has 0 aromatic carbocycles. The zero-order valence-corrected chi connectivity index (χ0v) is 10.4. The first-order valence-electron chi connectivity index (χ1n) is 5.30. The molecule has 0 saturated carbocycles. The molecular weight excluding hydrogens is 215 g/mol. The molecule has 4 nitrogen and oxygen atoms in total. The highest BCUT2D eigenvalue weighted by atomic mass is 31.2. The smallest absolute Gasteiger partial charge is 0.362 e. The molecule has 5 heteroatoms. The van der Waals surface area contributed by atoms with Crippen LogP contribution in [0.2, 0.25) is 0 Å². The molecule has 0 amide bonds. The lowest BCUT2D eigenvalue weighted by atomic mass is 10.4. The van der Waals surface area contributed by atoms with Crippen molar-refractivity contribution in [2.75, 3.05) is 13.2 Å². The molecule has 2 unspecified atom stereocenters. The Morgan fingerprint density at radius 3 is 2.40 bits per heavy atom. The summed E-state index contributed by atoms with van der Waals surface area (Å²) in [6.07, 6.45) is 3.65. The molecule has 0 heterocycles. The fourth-order valence-electron chi connectivity index (χ4n) is 0.874. The van der Waals surface area contributed by atoms with E-state index in [0.29, 0.717) is 13.2 Å². The van der Waals surface area contributed by atoms with Gasteiger partial charge in [0.25, 0.3) is 0 Å². The van der Waals surface area contributed by atoms with Crippen molar-refractivity contribution in [3.05, 3.63) is 12.7 Å². The van der Waals surface area contributed by atoms with Crippen LogP contribution in [0, 0.1) is 0 Å². The Morgan fingerprint density at radius 1 is 1.33 bits per heavy atom. The lowest BCUT2D eigenvalue weighted by Gasteiger charge is -2.20. The molecule has 0 spiro atoms. The van der Waals surface area contributed by atoms with Crippen molar-refractivity contribution in [1.82, 2.24) is 0 Å². The average molecular weight is 236 g/mol. The second-order valence-corrected chi connectivity index (χ2v) is 5.33. The maximum absolute atomic E-state index is 12.0. The standard InChI is InChI=1S/C10H21O4P/c1-4-7-9-14-15(12,10(11)6-3)13-8-5-2/h6,10-11H,3-5,7-9H2,1-2H3. The van der Waals surface area contributed by atoms with Crippen molar-refractivity contribution in [2.24, 2.45) is 0 Å². The maximum Gasteiger partial charge on any atom is 0.362 e. The molecule has 2 atom stereocenters. The van der Waals surface area contributed by atoms with Gasteiger partial charge in [-0.3, -0.25) is 4.57 Å². The summed E-state index contributed by atoms with van der Waals surface area (Å²) in [6.45, 7) is 7.93. The molecule has 0 fully saturated rings. The van der Waals surface area contributed by atoms with Gasteiger partial charge < -0.3 is 14.2 Å². The van der Waals surface area contributed by atoms with Crippen LogP contribution in [0.5, 0.6) is 0 Å². The highest BCUT2D eigenvalue weighted by Crippen LogP contribution is 2.52. The molecule has 1 N–H and O–H groups in total. The molecule has 90 valence electrons. The first-order valence-corrected chi connectivity index (χ1v) is 6.91. The van der Waals surface area contributed by atoms with E-state index in [9.17, 15) is 9.67 Å². The van der Waals surface area contributed by atoms with Crippen LogP contribution >= 0.6 is 7.60 Å². The summed E-state index contributed by atoms with van der Waals surface area (Å²) in [5.74, 6) is -1.24. The molecule has 0 aliphatic heterocycles. The van der Waals surface area contributed by atoms with E-state index >= 15 is 0 Å². The van der Waals surface area contributed by atoms with Gasteiger partial charge in [-0.15, -0.1) is 0 Å². The van der Waals surface area contributed by atoms with E-state index < -0.39 is 13.4 Å². The zero-order valence-electron chi connectivity index (χ0n) is 9.52. The van der Waals surface area contributed by atoms with Gasteiger partial charge in [-0.05, 0) is 12.8 Å². The maximum atomic E-state index is 12.0. The summed E-state index contributed by atoms with van der Waals surface area (Å²) in [6, 6.07) is 0. The largest absolute Gasteiger partial charge is 0.377 e. The summed E-state index contributed by atoms with van der Waals surface area (Å²) in [4.78, 5) is 0. The Kier molecular flexibility index (Phi) is 7.97. The third kappa shape index (κ3) is 5.47. The van der Waals surface area contributed by atoms with Crippen LogP contribution in [0.3, 0.4) is 0 Å². The van der Waals surface area contributed by atoms with E-state index in [1.165, 1.54) is 6.08 Å². The third-order valence-corrected chi connectivity index (χ3v) is 3.72. The highest BCUT2D eigenvalue weighted by Gasteiger charge is 2.32. The minimum atomic E-state index is -3.42. The minimum Gasteiger partial charge on any atom is -0.377 e. The molecule has 0 saturated heterocycles. The fraction of sp³-hybridized carbons (Fsp3) is 0.800. The topological polar surface area (TPSA) is 55.8 Å². The Hall–Kier alpha value is -0.150. The van der Waals surface area contributed by atoms with Crippen molar-refractivity contribution in [2.45, 2.75) is 39.0 Å². The summed E-state index contributed by atoms with van der Waals surface area (Å²) < 4.78 is 22.2. The number of unbranched alkanes of at least 4 members (excludes halogenated alkanes) is 1. The van der Waals surface area contributed by atoms with E-state index in [1.54, 1.807) is 0 Å². The Balaban J connectivity index is 4.27. The number of hydrogen-bond acceptors (Lipinski definition) is 4. The van der Waals surface area contributed by atoms with Crippen molar-refractivity contribution in [1.29, 1.82) is 0 Å². The van der Waals surface area contributed by atoms with E-state index in [0.717, 1.165) is 19.3 Å². The molecule has 0 aliphatic carbocycles. The molecule has 0 aliphatic rings. The Morgan fingerprint density at radius 2 is 1.93 bits per heavy atom. The summed E-state index contributed by atoms with van der Waals surface area (Å²) >= 11 is 0. The van der Waals surface area contributed by atoms with Gasteiger partial charge in [0.05, 0.1) is 13.2 Å². The van der Waals surface area contributed by atoms with Gasteiger partial charge in [0.15, 0.2) is 5.85 Å². The first-order chi connectivity index (χ1) is 7.10. The van der Waals surface area contributed by atoms with Crippen LogP contribution in [0.1, 0.15) is 33.1 Å². The van der Waals surface area contributed by atoms with E-state index in [2.05, 4.69) is 6.58 Å². The van der Waals surface area contributed by atoms with E-state index in [-0.39, 0.29) is 0 Å². The number of hydrogen-bond donors (Lipinski definition) is 1. The van der Waals surface area contributed by atoms with Crippen LogP contribution in [-0.2, 0) is 13.6 Å². The molecule has 0 bridgehead atoms. The predicted molar refractivity (Wildman–Crippen MR) is 60.9 cm³/mol. The SMILES string of the molecule is C=CC(O)P(=O)(OCCC)OCCCC. The highest BCUT2D eigenvalue weighted by molar-refractivity contribution is 7.54. The van der Waals surface area contributed by atoms with Gasteiger partial charge in [-0.25, -0.2) is 0 Å². The van der Waals surface area contributed by atoms with Gasteiger partial charge in [0.1, 0.15) is 0 Å². The predicted octanol–water partition coefficient (Wildman–Crippen LogP) is 2.93. The quantitative estimate of drug-likeness (QED) is 0.380. The lowest BCUT2D eigenvalue weighted by molar-refractivity contribution is 0.157. The first kappa shape index (κ1) is 14.8. The van der Waals surface area contributed by atoms with Gasteiger partial charge in [0, 0.05) is 0 Å². The third-order valence-electron chi connectivity index (χ3n) is 1.78. The molecular formula is C10H21O4P. The fourth-order valence-corrected chi connectivity index (χ4v) is 2.33. The average Bonchev–Trinajstić information content (AvgIpc) is 2.25. The van der Waals surface area contributed by atoms with E-state index in [4.69, 9.17) is 9.05 Å². The Labute approximate surface area is 91.8 Å². The van der Waals surface area contributed by atoms with Crippen LogP contribution in [0.25, 0.3) is 0 Å². The van der Waals surface area contributed by atoms with E-state index in [1.807, 2.05) is 13.8 Å². The molecule has 15 heavy (non-hydrogen) atoms. The number of aliphatic hydroxyl groups is 1. The van der Waals surface area contributed by atoms with Crippen molar-refractivity contribution >= 4 is 7.60 Å². The second-order valence-electron chi connectivity index (χ2n) is 3.21. The van der Waals surface area contributed by atoms with Crippen LogP contribution < -0.4 is 0 Å². The second kappa shape index (κ2) is 8.05. The van der Waals surface area contributed by atoms with Gasteiger partial charge >= 0.3 is 7.60 Å². The van der Waals surface area contributed by atoms with Crippen molar-refractivity contribution in [3.63, 3.8) is 0 Å². The summed E-state index contributed by atoms with van der Waals surface area (Å²) in [5.41, 5.74) is 0. The van der Waals surface area contributed by atoms with Crippen LogP contribution in [-0.4, -0.2) is 24.2 Å². The van der Waals surface area contributed by atoms with Crippen LogP contribution in [0.4, 0.5) is 0 Å². The normalized spacial score (nSPS) is 17.0. The monoisotopic (exact) mass is 236 g/mol. The Bertz CT molecular complexity index is 217. The zero-order chi connectivity index (χ0) is 11.7. The minimum absolute atomic E-state index is 0.314. The molecule has 0 radical (unpaired) electrons. The lowest BCUT2D eigenvalue weighted by Crippen LogP contribution is -2.11. The van der Waals surface area contributed by atoms with Crippen LogP contribution in [0.15, 0.2) is 12.7 Å². The number of aliphatic hydroxyl groups excluding tert-OH is 1. The van der Waals surface area contributed by atoms with Gasteiger partial charge in [0.2, 0.25) is 0 Å². The van der Waals surface area contributed by atoms with Gasteiger partial charge in [-0.1, -0.05) is 32.9 Å². The number of rotatable bonds is 9.